The lowest BCUT2D eigenvalue weighted by Gasteiger charge is -2.50. The van der Waals surface area contributed by atoms with E-state index in [4.69, 9.17) is 9.47 Å². The first-order chi connectivity index (χ1) is 22.6. The molecule has 1 unspecified atom stereocenters. The number of aliphatic hydroxyl groups excluding tert-OH is 3. The zero-order chi connectivity index (χ0) is 35.0. The van der Waals surface area contributed by atoms with Gasteiger partial charge in [0.15, 0.2) is 5.60 Å². The highest BCUT2D eigenvalue weighted by molar-refractivity contribution is 5.88. The predicted molar refractivity (Wildman–Crippen MR) is 176 cm³/mol. The van der Waals surface area contributed by atoms with Crippen molar-refractivity contribution in [2.75, 3.05) is 40.3 Å². The number of nitrogens with zero attached hydrogens (tertiary/aromatic N) is 2. The molecule has 3 aliphatic rings. The average molecular weight is 672 g/mol. The molecule has 3 saturated heterocycles. The van der Waals surface area contributed by atoms with E-state index in [2.05, 4.69) is 5.32 Å². The van der Waals surface area contributed by atoms with Crippen molar-refractivity contribution in [3.63, 3.8) is 0 Å². The average Bonchev–Trinajstić information content (AvgIpc) is 3.63. The number of fused-ring (bicyclic) bond motifs is 2. The number of alkyl halides is 1. The van der Waals surface area contributed by atoms with Gasteiger partial charge in [-0.2, -0.15) is 0 Å². The molecule has 0 aromatic heterocycles. The number of hydrogen-bond acceptors (Lipinski definition) is 9. The van der Waals surface area contributed by atoms with E-state index in [1.807, 2.05) is 62.3 Å². The molecule has 264 valence electrons. The fraction of sp³-hybridized carbons (Fsp3) is 0.611. The van der Waals surface area contributed by atoms with Gasteiger partial charge in [-0.25, -0.2) is 4.39 Å². The molecule has 2 amide bonds. The van der Waals surface area contributed by atoms with Crippen molar-refractivity contribution in [1.29, 1.82) is 0 Å². The van der Waals surface area contributed by atoms with Crippen molar-refractivity contribution in [3.05, 3.63) is 70.3 Å². The zero-order valence-electron chi connectivity index (χ0n) is 28.5. The molecule has 0 radical (unpaired) electrons. The third kappa shape index (κ3) is 7.02. The van der Waals surface area contributed by atoms with Crippen LogP contribution in [0.15, 0.2) is 42.5 Å². The van der Waals surface area contributed by atoms with Crippen LogP contribution in [-0.2, 0) is 37.7 Å². The zero-order valence-corrected chi connectivity index (χ0v) is 28.5. The minimum atomic E-state index is -1.77. The molecule has 48 heavy (non-hydrogen) atoms. The fourth-order valence-corrected chi connectivity index (χ4v) is 7.02. The van der Waals surface area contributed by atoms with Gasteiger partial charge in [-0.15, -0.1) is 0 Å². The maximum atomic E-state index is 14.2. The number of aryl methyl sites for hydroxylation is 2. The van der Waals surface area contributed by atoms with E-state index in [0.717, 1.165) is 22.3 Å². The van der Waals surface area contributed by atoms with Gasteiger partial charge in [0, 0.05) is 31.5 Å². The lowest BCUT2D eigenvalue weighted by atomic mass is 9.75. The Morgan fingerprint density at radius 2 is 1.77 bits per heavy atom. The number of likely N-dealkylation sites (tertiary alicyclic amines) is 1. The van der Waals surface area contributed by atoms with E-state index >= 15 is 0 Å². The number of aliphatic hydroxyl groups is 4. The van der Waals surface area contributed by atoms with Crippen molar-refractivity contribution in [2.24, 2.45) is 0 Å². The van der Waals surface area contributed by atoms with Gasteiger partial charge in [-0.05, 0) is 82.4 Å². The number of nitrogens with one attached hydrogen (secondary N) is 1. The van der Waals surface area contributed by atoms with Crippen LogP contribution in [0.3, 0.4) is 0 Å². The van der Waals surface area contributed by atoms with Gasteiger partial charge in [-0.1, -0.05) is 36.4 Å². The summed E-state index contributed by atoms with van der Waals surface area (Å²) in [6.45, 7) is 5.74. The maximum absolute atomic E-state index is 14.2. The van der Waals surface area contributed by atoms with E-state index in [1.165, 1.54) is 18.7 Å². The highest BCUT2D eigenvalue weighted by Gasteiger charge is 2.71. The molecule has 2 aromatic carbocycles. The van der Waals surface area contributed by atoms with Gasteiger partial charge >= 0.3 is 0 Å². The fourth-order valence-electron chi connectivity index (χ4n) is 7.02. The second-order valence-corrected chi connectivity index (χ2v) is 14.4. The monoisotopic (exact) mass is 671 g/mol. The van der Waals surface area contributed by atoms with Gasteiger partial charge in [0.1, 0.15) is 30.5 Å². The van der Waals surface area contributed by atoms with Gasteiger partial charge < -0.3 is 45.0 Å². The first kappa shape index (κ1) is 36.3. The molecule has 0 aliphatic carbocycles. The lowest BCUT2D eigenvalue weighted by Crippen LogP contribution is -2.70. The third-order valence-electron chi connectivity index (χ3n) is 10.1. The van der Waals surface area contributed by atoms with E-state index in [-0.39, 0.29) is 37.8 Å². The largest absolute Gasteiger partial charge is 0.387 e. The molecular formula is C36H50FN3O8. The standard InChI is InChI=1S/C36H50FN3O8/c1-22-9-14-26(36-32(44)30(42)31(43)35(48-36,21-47-36)34(2,3)46)18-25(22)17-24-12-10-23(11-13-24)7-6-8-29(41)40-20-27(37)19-28(40)33(45)38-15-16-39(4)5/h9-14,18,27-28,30-32,42-44,46H,6-8,15-17,19-21H2,1-5H3,(H,38,45)/t27-,28?,30+,31+,32-,35+,36+/m1/s1. The first-order valence-electron chi connectivity index (χ1n) is 16.7. The number of halogens is 1. The van der Waals surface area contributed by atoms with Crippen molar-refractivity contribution >= 4 is 11.8 Å². The molecular weight excluding hydrogens is 621 g/mol. The van der Waals surface area contributed by atoms with Crippen LogP contribution < -0.4 is 5.32 Å². The van der Waals surface area contributed by atoms with Crippen LogP contribution >= 0.6 is 0 Å². The molecule has 0 saturated carbocycles. The molecule has 7 atom stereocenters. The Balaban J connectivity index is 1.20. The van der Waals surface area contributed by atoms with Crippen LogP contribution in [0.4, 0.5) is 4.39 Å². The number of hydrogen-bond donors (Lipinski definition) is 5. The van der Waals surface area contributed by atoms with Crippen LogP contribution in [-0.4, -0.2) is 124 Å². The summed E-state index contributed by atoms with van der Waals surface area (Å²) in [6.07, 6.45) is -3.93. The molecule has 3 fully saturated rings. The van der Waals surface area contributed by atoms with E-state index in [0.29, 0.717) is 37.9 Å². The van der Waals surface area contributed by atoms with Crippen molar-refractivity contribution < 1.29 is 43.9 Å². The molecule has 5 rings (SSSR count). The molecule has 2 bridgehead atoms. The number of benzene rings is 2. The van der Waals surface area contributed by atoms with Gasteiger partial charge in [-0.3, -0.25) is 9.59 Å². The van der Waals surface area contributed by atoms with Crippen molar-refractivity contribution in [2.45, 2.75) is 100 Å². The van der Waals surface area contributed by atoms with Crippen LogP contribution in [0.25, 0.3) is 0 Å². The minimum Gasteiger partial charge on any atom is -0.387 e. The minimum absolute atomic E-state index is 0.0255. The second kappa shape index (κ2) is 14.1. The van der Waals surface area contributed by atoms with E-state index in [1.54, 1.807) is 6.07 Å². The highest BCUT2D eigenvalue weighted by Crippen LogP contribution is 2.53. The van der Waals surface area contributed by atoms with Crippen LogP contribution in [0, 0.1) is 6.92 Å². The first-order valence-corrected chi connectivity index (χ1v) is 16.7. The number of carbonyl (C=O) groups excluding carboxylic acids is 2. The third-order valence-corrected chi connectivity index (χ3v) is 10.1. The molecule has 11 nitrogen and oxygen atoms in total. The Morgan fingerprint density at radius 3 is 2.44 bits per heavy atom. The number of ether oxygens (including phenoxy) is 2. The van der Waals surface area contributed by atoms with Crippen LogP contribution in [0.1, 0.15) is 60.9 Å². The number of amides is 2. The quantitative estimate of drug-likeness (QED) is 0.225. The Kier molecular flexibility index (Phi) is 10.7. The molecule has 2 aromatic rings. The molecule has 3 heterocycles. The summed E-state index contributed by atoms with van der Waals surface area (Å²) < 4.78 is 26.4. The summed E-state index contributed by atoms with van der Waals surface area (Å²) in [7, 11) is 3.80. The SMILES string of the molecule is Cc1ccc([C@]23OC[C@](C(C)(C)O)(O2)[C@@H](O)[C@H](O)[C@H]3O)cc1Cc1ccc(CCCC(=O)N2C[C@H](F)CC2C(=O)NCCN(C)C)cc1. The van der Waals surface area contributed by atoms with Gasteiger partial charge in [0.2, 0.25) is 17.6 Å². The Bertz CT molecular complexity index is 1470. The lowest BCUT2D eigenvalue weighted by molar-refractivity contribution is -0.348. The second-order valence-electron chi connectivity index (χ2n) is 14.4. The van der Waals surface area contributed by atoms with Crippen LogP contribution in [0.5, 0.6) is 0 Å². The number of likely N-dealkylation sites (N-methyl/N-ethyl adjacent to an activating group) is 1. The topological polar surface area (TPSA) is 152 Å². The Morgan fingerprint density at radius 1 is 1.08 bits per heavy atom. The molecule has 0 spiro atoms. The Labute approximate surface area is 281 Å². The summed E-state index contributed by atoms with van der Waals surface area (Å²) in [6, 6.07) is 12.8. The number of rotatable bonds is 12. The number of carbonyl (C=O) groups is 2. The summed E-state index contributed by atoms with van der Waals surface area (Å²) in [5.41, 5.74) is 1.28. The van der Waals surface area contributed by atoms with Gasteiger partial charge in [0.25, 0.3) is 0 Å². The highest BCUT2D eigenvalue weighted by atomic mass is 19.1. The molecule has 12 heteroatoms. The summed E-state index contributed by atoms with van der Waals surface area (Å²) in [5, 5.41) is 46.3. The smallest absolute Gasteiger partial charge is 0.242 e. The van der Waals surface area contributed by atoms with Crippen molar-refractivity contribution in [3.8, 4) is 0 Å². The summed E-state index contributed by atoms with van der Waals surface area (Å²) in [5.74, 6) is -2.29. The Hall–Kier alpha value is -2.97. The van der Waals surface area contributed by atoms with E-state index in [9.17, 15) is 34.4 Å². The predicted octanol–water partition coefficient (Wildman–Crippen LogP) is 1.33. The normalized spacial score (nSPS) is 30.2. The van der Waals surface area contributed by atoms with E-state index < -0.39 is 47.5 Å². The van der Waals surface area contributed by atoms with Crippen LogP contribution in [0.2, 0.25) is 0 Å². The van der Waals surface area contributed by atoms with Crippen molar-refractivity contribution in [1.82, 2.24) is 15.1 Å². The summed E-state index contributed by atoms with van der Waals surface area (Å²) in [4.78, 5) is 28.9. The maximum Gasteiger partial charge on any atom is 0.242 e. The molecule has 3 aliphatic heterocycles. The van der Waals surface area contributed by atoms with Gasteiger partial charge in [0.05, 0.1) is 18.8 Å². The summed E-state index contributed by atoms with van der Waals surface area (Å²) >= 11 is 0. The molecule has 5 N–H and O–H groups in total.